The molecule has 2 rings (SSSR count). The fourth-order valence-corrected chi connectivity index (χ4v) is 1.46. The van der Waals surface area contributed by atoms with Crippen molar-refractivity contribution < 1.29 is 23.4 Å². The van der Waals surface area contributed by atoms with Crippen LogP contribution in [0.25, 0.3) is 0 Å². The number of benzene rings is 1. The van der Waals surface area contributed by atoms with Crippen molar-refractivity contribution in [2.75, 3.05) is 0 Å². The highest BCUT2D eigenvalue weighted by molar-refractivity contribution is 6.00. The Morgan fingerprint density at radius 2 is 2.07 bits per heavy atom. The number of alkyl halides is 2. The van der Waals surface area contributed by atoms with Crippen LogP contribution in [0.5, 0.6) is 5.75 Å². The minimum Gasteiger partial charge on any atom is -0.455 e. The highest BCUT2D eigenvalue weighted by Crippen LogP contribution is 2.34. The van der Waals surface area contributed by atoms with Crippen molar-refractivity contribution >= 4 is 5.78 Å². The number of ketones is 1. The monoisotopic (exact) mass is 214 g/mol. The van der Waals surface area contributed by atoms with Crippen molar-refractivity contribution in [1.29, 1.82) is 0 Å². The van der Waals surface area contributed by atoms with E-state index in [0.29, 0.717) is 0 Å². The first-order valence-electron chi connectivity index (χ1n) is 4.35. The number of hydrogen-bond donors (Lipinski definition) is 1. The largest absolute Gasteiger partial charge is 0.455 e. The predicted octanol–water partition coefficient (Wildman–Crippen LogP) is 1.61. The second-order valence-electron chi connectivity index (χ2n) is 3.34. The molecule has 1 aliphatic rings. The van der Waals surface area contributed by atoms with Gasteiger partial charge in [0.1, 0.15) is 5.75 Å². The summed E-state index contributed by atoms with van der Waals surface area (Å²) < 4.78 is 29.6. The van der Waals surface area contributed by atoms with Crippen LogP contribution in [-0.4, -0.2) is 23.1 Å². The Morgan fingerprint density at radius 1 is 1.40 bits per heavy atom. The number of carbonyl (C=O) groups excluding carboxylic acids is 1. The van der Waals surface area contributed by atoms with Crippen LogP contribution in [0.15, 0.2) is 24.3 Å². The standard InChI is InChI=1S/C10H8F2O3/c11-9(12)10(14)5-7(13)6-3-1-2-4-8(6)15-10/h1-4,9,14H,5H2/t10-/m1/s1. The maximum absolute atomic E-state index is 12.4. The summed E-state index contributed by atoms with van der Waals surface area (Å²) in [6.45, 7) is 0. The molecule has 1 aliphatic heterocycles. The van der Waals surface area contributed by atoms with E-state index in [0.717, 1.165) is 0 Å². The summed E-state index contributed by atoms with van der Waals surface area (Å²) in [7, 11) is 0. The lowest BCUT2D eigenvalue weighted by atomic mass is 9.99. The van der Waals surface area contributed by atoms with Crippen molar-refractivity contribution in [1.82, 2.24) is 0 Å². The van der Waals surface area contributed by atoms with Crippen LogP contribution in [0, 0.1) is 0 Å². The van der Waals surface area contributed by atoms with E-state index in [1.54, 1.807) is 12.1 Å². The van der Waals surface area contributed by atoms with Crippen LogP contribution in [0.1, 0.15) is 16.8 Å². The van der Waals surface area contributed by atoms with Gasteiger partial charge in [-0.1, -0.05) is 12.1 Å². The lowest BCUT2D eigenvalue weighted by Gasteiger charge is -2.32. The first kappa shape index (κ1) is 10.0. The Morgan fingerprint density at radius 3 is 2.73 bits per heavy atom. The molecule has 0 saturated carbocycles. The van der Waals surface area contributed by atoms with Crippen LogP contribution in [0.4, 0.5) is 8.78 Å². The molecule has 15 heavy (non-hydrogen) atoms. The zero-order valence-corrected chi connectivity index (χ0v) is 7.61. The molecule has 3 nitrogen and oxygen atoms in total. The second-order valence-corrected chi connectivity index (χ2v) is 3.34. The van der Waals surface area contributed by atoms with E-state index in [2.05, 4.69) is 0 Å². The number of ether oxygens (including phenoxy) is 1. The SMILES string of the molecule is O=C1C[C@](O)(C(F)F)Oc2ccccc21. The summed E-state index contributed by atoms with van der Waals surface area (Å²) in [5, 5.41) is 9.37. The van der Waals surface area contributed by atoms with Gasteiger partial charge in [-0.15, -0.1) is 0 Å². The maximum atomic E-state index is 12.4. The molecule has 1 atom stereocenters. The third-order valence-corrected chi connectivity index (χ3v) is 2.23. The van der Waals surface area contributed by atoms with Gasteiger partial charge < -0.3 is 9.84 Å². The van der Waals surface area contributed by atoms with Crippen LogP contribution < -0.4 is 4.74 Å². The Balaban J connectivity index is 2.42. The molecule has 0 spiro atoms. The summed E-state index contributed by atoms with van der Waals surface area (Å²) in [6, 6.07) is 6.00. The molecule has 0 aliphatic carbocycles. The molecule has 1 aromatic rings. The molecule has 1 N–H and O–H groups in total. The summed E-state index contributed by atoms with van der Waals surface area (Å²) >= 11 is 0. The molecule has 0 amide bonds. The highest BCUT2D eigenvalue weighted by Gasteiger charge is 2.46. The van der Waals surface area contributed by atoms with Crippen LogP contribution in [0.3, 0.4) is 0 Å². The minimum atomic E-state index is -3.12. The summed E-state index contributed by atoms with van der Waals surface area (Å²) in [5.74, 6) is -3.23. The number of Topliss-reactive ketones (excluding diaryl/α,β-unsaturated/α-hetero) is 1. The Hall–Kier alpha value is -1.49. The van der Waals surface area contributed by atoms with Gasteiger partial charge in [0.15, 0.2) is 5.78 Å². The highest BCUT2D eigenvalue weighted by atomic mass is 19.3. The molecule has 0 radical (unpaired) electrons. The van der Waals surface area contributed by atoms with Gasteiger partial charge in [-0.3, -0.25) is 4.79 Å². The van der Waals surface area contributed by atoms with E-state index in [-0.39, 0.29) is 11.3 Å². The van der Waals surface area contributed by atoms with Gasteiger partial charge in [0.2, 0.25) is 0 Å². The molecule has 0 saturated heterocycles. The van der Waals surface area contributed by atoms with Crippen LogP contribution >= 0.6 is 0 Å². The van der Waals surface area contributed by atoms with E-state index in [1.807, 2.05) is 0 Å². The summed E-state index contributed by atoms with van der Waals surface area (Å²) in [6.07, 6.45) is -3.84. The zero-order valence-electron chi connectivity index (χ0n) is 7.61. The van der Waals surface area contributed by atoms with Crippen LogP contribution in [-0.2, 0) is 0 Å². The average Bonchev–Trinajstić information content (AvgIpc) is 2.17. The number of hydrogen-bond acceptors (Lipinski definition) is 3. The van der Waals surface area contributed by atoms with Gasteiger partial charge in [0.05, 0.1) is 12.0 Å². The fraction of sp³-hybridized carbons (Fsp3) is 0.300. The zero-order chi connectivity index (χ0) is 11.1. The molecular weight excluding hydrogens is 206 g/mol. The first-order valence-corrected chi connectivity index (χ1v) is 4.35. The van der Waals surface area contributed by atoms with Crippen molar-refractivity contribution in [2.45, 2.75) is 18.6 Å². The molecule has 1 heterocycles. The number of carbonyl (C=O) groups is 1. The van der Waals surface area contributed by atoms with E-state index in [9.17, 15) is 18.7 Å². The van der Waals surface area contributed by atoms with Crippen molar-refractivity contribution in [3.8, 4) is 5.75 Å². The fourth-order valence-electron chi connectivity index (χ4n) is 1.46. The van der Waals surface area contributed by atoms with E-state index in [1.165, 1.54) is 12.1 Å². The minimum absolute atomic E-state index is 0.00319. The smallest absolute Gasteiger partial charge is 0.302 e. The predicted molar refractivity (Wildman–Crippen MR) is 47.0 cm³/mol. The molecule has 0 aromatic heterocycles. The summed E-state index contributed by atoms with van der Waals surface area (Å²) in [5.41, 5.74) is 0.225. The van der Waals surface area contributed by atoms with Gasteiger partial charge in [-0.05, 0) is 12.1 Å². The number of fused-ring (bicyclic) bond motifs is 1. The van der Waals surface area contributed by atoms with Gasteiger partial charge >= 0.3 is 6.43 Å². The van der Waals surface area contributed by atoms with E-state index in [4.69, 9.17) is 4.74 Å². The molecule has 0 fully saturated rings. The third-order valence-electron chi connectivity index (χ3n) is 2.23. The third kappa shape index (κ3) is 1.59. The van der Waals surface area contributed by atoms with Crippen molar-refractivity contribution in [3.05, 3.63) is 29.8 Å². The summed E-state index contributed by atoms with van der Waals surface area (Å²) in [4.78, 5) is 11.4. The normalized spacial score (nSPS) is 24.9. The average molecular weight is 214 g/mol. The number of rotatable bonds is 1. The topological polar surface area (TPSA) is 46.5 Å². The molecule has 1 aromatic carbocycles. The molecule has 0 unspecified atom stereocenters. The van der Waals surface area contributed by atoms with Gasteiger partial charge in [-0.2, -0.15) is 0 Å². The first-order chi connectivity index (χ1) is 7.03. The molecule has 80 valence electrons. The van der Waals surface area contributed by atoms with Gasteiger partial charge in [0, 0.05) is 0 Å². The van der Waals surface area contributed by atoms with E-state index < -0.39 is 24.4 Å². The molecule has 5 heteroatoms. The maximum Gasteiger partial charge on any atom is 0.302 e. The number of halogens is 2. The lowest BCUT2D eigenvalue weighted by molar-refractivity contribution is -0.220. The molecule has 0 bridgehead atoms. The number of para-hydroxylation sites is 1. The Labute approximate surface area is 84.3 Å². The lowest BCUT2D eigenvalue weighted by Crippen LogP contribution is -2.48. The van der Waals surface area contributed by atoms with E-state index >= 15 is 0 Å². The van der Waals surface area contributed by atoms with Crippen LogP contribution in [0.2, 0.25) is 0 Å². The number of aliphatic hydroxyl groups is 1. The molecular formula is C10H8F2O3. The van der Waals surface area contributed by atoms with Crippen molar-refractivity contribution in [2.24, 2.45) is 0 Å². The second kappa shape index (κ2) is 3.27. The van der Waals surface area contributed by atoms with Gasteiger partial charge in [-0.25, -0.2) is 8.78 Å². The Bertz CT molecular complexity index is 405. The van der Waals surface area contributed by atoms with Crippen molar-refractivity contribution in [3.63, 3.8) is 0 Å². The Kier molecular flexibility index (Phi) is 2.19. The quantitative estimate of drug-likeness (QED) is 0.772. The van der Waals surface area contributed by atoms with Gasteiger partial charge in [0.25, 0.3) is 5.79 Å².